The summed E-state index contributed by atoms with van der Waals surface area (Å²) >= 11 is 0. The summed E-state index contributed by atoms with van der Waals surface area (Å²) in [7, 11) is 0. The van der Waals surface area contributed by atoms with E-state index in [-0.39, 0.29) is 0 Å². The number of hydrogen-bond acceptors (Lipinski definition) is 4. The Morgan fingerprint density at radius 1 is 0.920 bits per heavy atom. The van der Waals surface area contributed by atoms with Crippen molar-refractivity contribution < 1.29 is 4.74 Å². The number of fused-ring (bicyclic) bond motifs is 3. The van der Waals surface area contributed by atoms with Gasteiger partial charge in [-0.1, -0.05) is 30.3 Å². The van der Waals surface area contributed by atoms with E-state index >= 15 is 0 Å². The molecule has 124 valence electrons. The minimum atomic E-state index is 0.438. The largest absolute Gasteiger partial charge is 0.476 e. The average molecular weight is 329 g/mol. The van der Waals surface area contributed by atoms with Crippen LogP contribution in [0.1, 0.15) is 16.7 Å². The summed E-state index contributed by atoms with van der Waals surface area (Å²) < 4.78 is 5.69. The predicted octanol–water partition coefficient (Wildman–Crippen LogP) is 3.57. The molecule has 4 N–H and O–H groups in total. The molecular formula is C21H19N3O. The van der Waals surface area contributed by atoms with E-state index in [1.54, 1.807) is 6.20 Å². The molecule has 4 rings (SSSR count). The number of benzene rings is 2. The van der Waals surface area contributed by atoms with Gasteiger partial charge in [-0.05, 0) is 58.2 Å². The summed E-state index contributed by atoms with van der Waals surface area (Å²) in [6.45, 7) is 0.891. The van der Waals surface area contributed by atoms with E-state index in [1.807, 2.05) is 24.3 Å². The summed E-state index contributed by atoms with van der Waals surface area (Å²) in [5.41, 5.74) is 19.1. The molecule has 0 saturated heterocycles. The normalized spacial score (nSPS) is 13.6. The number of pyridine rings is 1. The average Bonchev–Trinajstić information content (AvgIpc) is 2.94. The Morgan fingerprint density at radius 2 is 1.72 bits per heavy atom. The van der Waals surface area contributed by atoms with Crippen molar-refractivity contribution in [2.75, 3.05) is 18.9 Å². The Kier molecular flexibility index (Phi) is 3.96. The highest BCUT2D eigenvalue weighted by molar-refractivity contribution is 6.07. The zero-order chi connectivity index (χ0) is 17.2. The molecule has 4 heteroatoms. The molecule has 0 fully saturated rings. The molecule has 0 spiro atoms. The van der Waals surface area contributed by atoms with Gasteiger partial charge < -0.3 is 16.2 Å². The fraction of sp³-hybridized carbons (Fsp3) is 0.0952. The Morgan fingerprint density at radius 3 is 2.56 bits per heavy atom. The highest BCUT2D eigenvalue weighted by Crippen LogP contribution is 2.45. The predicted molar refractivity (Wildman–Crippen MR) is 102 cm³/mol. The van der Waals surface area contributed by atoms with Gasteiger partial charge in [0.15, 0.2) is 0 Å². The van der Waals surface area contributed by atoms with E-state index < -0.39 is 0 Å². The molecule has 4 nitrogen and oxygen atoms in total. The van der Waals surface area contributed by atoms with Gasteiger partial charge in [0.05, 0.1) is 0 Å². The van der Waals surface area contributed by atoms with Gasteiger partial charge >= 0.3 is 0 Å². The van der Waals surface area contributed by atoms with Crippen LogP contribution in [0.25, 0.3) is 22.8 Å². The van der Waals surface area contributed by atoms with Gasteiger partial charge in [-0.3, -0.25) is 0 Å². The molecule has 0 atom stereocenters. The molecule has 0 aliphatic heterocycles. The first-order valence-electron chi connectivity index (χ1n) is 8.27. The maximum absolute atomic E-state index is 6.04. The SMILES string of the molecule is NCCOc1ncccc1C=C1c2ccccc2-c2ccc(N)cc21. The minimum absolute atomic E-state index is 0.438. The van der Waals surface area contributed by atoms with Crippen LogP contribution in [0.5, 0.6) is 5.88 Å². The fourth-order valence-corrected chi connectivity index (χ4v) is 3.22. The minimum Gasteiger partial charge on any atom is -0.476 e. The van der Waals surface area contributed by atoms with Gasteiger partial charge in [0.2, 0.25) is 5.88 Å². The first kappa shape index (κ1) is 15.4. The zero-order valence-electron chi connectivity index (χ0n) is 13.8. The second-order valence-electron chi connectivity index (χ2n) is 5.94. The lowest BCUT2D eigenvalue weighted by atomic mass is 10.0. The second kappa shape index (κ2) is 6.42. The van der Waals surface area contributed by atoms with Gasteiger partial charge in [0, 0.05) is 24.0 Å². The van der Waals surface area contributed by atoms with Crippen LogP contribution < -0.4 is 16.2 Å². The molecule has 3 aromatic rings. The van der Waals surface area contributed by atoms with Crippen molar-refractivity contribution in [3.8, 4) is 17.0 Å². The van der Waals surface area contributed by atoms with E-state index in [2.05, 4.69) is 41.4 Å². The fourth-order valence-electron chi connectivity index (χ4n) is 3.22. The van der Waals surface area contributed by atoms with E-state index in [9.17, 15) is 0 Å². The molecule has 1 aromatic heterocycles. The molecule has 1 aliphatic rings. The highest BCUT2D eigenvalue weighted by Gasteiger charge is 2.23. The quantitative estimate of drug-likeness (QED) is 0.561. The number of nitrogen functional groups attached to an aromatic ring is 1. The summed E-state index contributed by atoms with van der Waals surface area (Å²) in [6, 6.07) is 18.3. The van der Waals surface area contributed by atoms with Gasteiger partial charge in [-0.2, -0.15) is 0 Å². The molecule has 1 heterocycles. The van der Waals surface area contributed by atoms with Gasteiger partial charge in [0.1, 0.15) is 6.61 Å². The molecule has 0 amide bonds. The lowest BCUT2D eigenvalue weighted by Crippen LogP contribution is -2.11. The molecule has 1 aliphatic carbocycles. The number of aromatic nitrogens is 1. The van der Waals surface area contributed by atoms with Crippen molar-refractivity contribution in [2.45, 2.75) is 0 Å². The number of hydrogen-bond donors (Lipinski definition) is 2. The molecule has 0 unspecified atom stereocenters. The van der Waals surface area contributed by atoms with Crippen LogP contribution in [0.4, 0.5) is 5.69 Å². The standard InChI is InChI=1S/C21H19N3O/c22-9-11-25-21-14(4-3-10-24-21)12-19-17-6-2-1-5-16(17)18-8-7-15(23)13-20(18)19/h1-8,10,12-13H,9,11,22-23H2. The van der Waals surface area contributed by atoms with Crippen molar-refractivity contribution in [1.82, 2.24) is 4.98 Å². The van der Waals surface area contributed by atoms with E-state index in [0.29, 0.717) is 19.0 Å². The maximum atomic E-state index is 6.04. The van der Waals surface area contributed by atoms with Crippen LogP contribution in [0.15, 0.2) is 60.8 Å². The second-order valence-corrected chi connectivity index (χ2v) is 5.94. The zero-order valence-corrected chi connectivity index (χ0v) is 13.8. The van der Waals surface area contributed by atoms with Crippen molar-refractivity contribution in [1.29, 1.82) is 0 Å². The van der Waals surface area contributed by atoms with Crippen LogP contribution in [0, 0.1) is 0 Å². The third-order valence-electron chi connectivity index (χ3n) is 4.30. The van der Waals surface area contributed by atoms with Crippen LogP contribution in [0.2, 0.25) is 0 Å². The van der Waals surface area contributed by atoms with Crippen molar-refractivity contribution in [3.63, 3.8) is 0 Å². The van der Waals surface area contributed by atoms with E-state index in [1.165, 1.54) is 16.7 Å². The molecule has 0 saturated carbocycles. The van der Waals surface area contributed by atoms with Crippen molar-refractivity contribution in [3.05, 3.63) is 77.5 Å². The molecule has 2 aromatic carbocycles. The van der Waals surface area contributed by atoms with Crippen LogP contribution in [-0.2, 0) is 0 Å². The number of nitrogens with zero attached hydrogens (tertiary/aromatic N) is 1. The van der Waals surface area contributed by atoms with E-state index in [4.69, 9.17) is 16.2 Å². The highest BCUT2D eigenvalue weighted by atomic mass is 16.5. The van der Waals surface area contributed by atoms with Gasteiger partial charge in [-0.15, -0.1) is 0 Å². The number of anilines is 1. The smallest absolute Gasteiger partial charge is 0.220 e. The Bertz CT molecular complexity index is 963. The van der Waals surface area contributed by atoms with Crippen LogP contribution >= 0.6 is 0 Å². The summed E-state index contributed by atoms with van der Waals surface area (Å²) in [5.74, 6) is 0.593. The first-order chi connectivity index (χ1) is 12.3. The lowest BCUT2D eigenvalue weighted by molar-refractivity contribution is 0.315. The molecule has 25 heavy (non-hydrogen) atoms. The van der Waals surface area contributed by atoms with Crippen LogP contribution in [0.3, 0.4) is 0 Å². The lowest BCUT2D eigenvalue weighted by Gasteiger charge is -2.09. The van der Waals surface area contributed by atoms with Gasteiger partial charge in [0.25, 0.3) is 0 Å². The molecule has 0 bridgehead atoms. The summed E-state index contributed by atoms with van der Waals surface area (Å²) in [6.07, 6.45) is 3.84. The third-order valence-corrected chi connectivity index (χ3v) is 4.30. The van der Waals surface area contributed by atoms with Crippen molar-refractivity contribution in [2.24, 2.45) is 5.73 Å². The monoisotopic (exact) mass is 329 g/mol. The summed E-state index contributed by atoms with van der Waals surface area (Å²) in [4.78, 5) is 4.34. The van der Waals surface area contributed by atoms with Crippen molar-refractivity contribution >= 4 is 17.3 Å². The number of nitrogens with two attached hydrogens (primary N) is 2. The van der Waals surface area contributed by atoms with Crippen LogP contribution in [-0.4, -0.2) is 18.1 Å². The number of rotatable bonds is 4. The maximum Gasteiger partial charge on any atom is 0.220 e. The number of ether oxygens (including phenoxy) is 1. The topological polar surface area (TPSA) is 74.2 Å². The summed E-state index contributed by atoms with van der Waals surface area (Å²) in [5, 5.41) is 0. The third kappa shape index (κ3) is 2.77. The Balaban J connectivity index is 1.89. The molecule has 0 radical (unpaired) electrons. The van der Waals surface area contributed by atoms with E-state index in [0.717, 1.165) is 22.4 Å². The molecular weight excluding hydrogens is 310 g/mol. The van der Waals surface area contributed by atoms with Gasteiger partial charge in [-0.25, -0.2) is 4.98 Å². The Hall–Kier alpha value is -3.11. The Labute approximate surface area is 146 Å². The first-order valence-corrected chi connectivity index (χ1v) is 8.27.